The fourth-order valence-electron chi connectivity index (χ4n) is 1.21. The van der Waals surface area contributed by atoms with Gasteiger partial charge in [0.05, 0.1) is 15.7 Å². The second-order valence-corrected chi connectivity index (χ2v) is 4.70. The lowest BCUT2D eigenvalue weighted by Gasteiger charge is -2.01. The van der Waals surface area contributed by atoms with Gasteiger partial charge in [0.15, 0.2) is 5.78 Å². The summed E-state index contributed by atoms with van der Waals surface area (Å²) in [6, 6.07) is 2.21. The maximum atomic E-state index is 13.2. The van der Waals surface area contributed by atoms with E-state index in [1.807, 2.05) is 0 Å². The molecule has 0 saturated carbocycles. The van der Waals surface area contributed by atoms with Crippen LogP contribution in [0.25, 0.3) is 6.08 Å². The molecule has 0 radical (unpaired) electrons. The van der Waals surface area contributed by atoms with Crippen LogP contribution in [0.3, 0.4) is 0 Å². The van der Waals surface area contributed by atoms with E-state index in [1.165, 1.54) is 29.8 Å². The van der Waals surface area contributed by atoms with Gasteiger partial charge in [-0.1, -0.05) is 27.7 Å². The number of allylic oxidation sites excluding steroid dienone is 1. The Bertz CT molecular complexity index is 614. The van der Waals surface area contributed by atoms with Crippen LogP contribution < -0.4 is 0 Å². The molecule has 3 nitrogen and oxygen atoms in total. The van der Waals surface area contributed by atoms with Gasteiger partial charge in [-0.15, -0.1) is 5.10 Å². The summed E-state index contributed by atoms with van der Waals surface area (Å²) in [4.78, 5) is 11.8. The topological polar surface area (TPSA) is 42.9 Å². The van der Waals surface area contributed by atoms with E-state index in [4.69, 9.17) is 23.2 Å². The minimum Gasteiger partial charge on any atom is -0.289 e. The zero-order valence-electron chi connectivity index (χ0n) is 8.73. The van der Waals surface area contributed by atoms with Crippen LogP contribution in [-0.2, 0) is 0 Å². The molecule has 0 amide bonds. The number of hydrogen-bond acceptors (Lipinski definition) is 4. The highest BCUT2D eigenvalue weighted by Crippen LogP contribution is 2.25. The molecule has 0 atom stereocenters. The van der Waals surface area contributed by atoms with Crippen molar-refractivity contribution in [2.75, 3.05) is 0 Å². The third-order valence-corrected chi connectivity index (χ3v) is 3.18. The molecule has 18 heavy (non-hydrogen) atoms. The molecule has 0 fully saturated rings. The molecule has 2 aromatic rings. The van der Waals surface area contributed by atoms with Gasteiger partial charge in [-0.3, -0.25) is 4.79 Å². The van der Waals surface area contributed by atoms with E-state index in [1.54, 1.807) is 5.38 Å². The molecule has 1 aromatic carbocycles. The number of aromatic nitrogens is 2. The first-order valence-corrected chi connectivity index (χ1v) is 6.31. The minimum atomic E-state index is -0.687. The Labute approximate surface area is 116 Å². The fraction of sp³-hybridized carbons (Fsp3) is 0. The van der Waals surface area contributed by atoms with Gasteiger partial charge in [0, 0.05) is 10.9 Å². The van der Waals surface area contributed by atoms with Crippen LogP contribution in [0.1, 0.15) is 16.1 Å². The third-order valence-electron chi connectivity index (χ3n) is 2.06. The van der Waals surface area contributed by atoms with E-state index in [9.17, 15) is 9.18 Å². The summed E-state index contributed by atoms with van der Waals surface area (Å²) in [5, 5.41) is 5.39. The molecule has 0 spiro atoms. The van der Waals surface area contributed by atoms with Crippen LogP contribution in [0.15, 0.2) is 23.6 Å². The number of benzene rings is 1. The van der Waals surface area contributed by atoms with Gasteiger partial charge in [-0.25, -0.2) is 4.39 Å². The molecule has 2 rings (SSSR count). The lowest BCUT2D eigenvalue weighted by molar-refractivity contribution is 0.104. The first-order valence-electron chi connectivity index (χ1n) is 4.72. The molecule has 0 bridgehead atoms. The average Bonchev–Trinajstić information content (AvgIpc) is 2.84. The number of carbonyl (C=O) groups excluding carboxylic acids is 1. The van der Waals surface area contributed by atoms with E-state index >= 15 is 0 Å². The molecule has 0 aliphatic heterocycles. The normalized spacial score (nSPS) is 11.1. The summed E-state index contributed by atoms with van der Waals surface area (Å²) in [7, 11) is 0. The fourth-order valence-corrected chi connectivity index (χ4v) is 2.11. The highest BCUT2D eigenvalue weighted by molar-refractivity contribution is 7.03. The average molecular weight is 303 g/mol. The second-order valence-electron chi connectivity index (χ2n) is 3.27. The van der Waals surface area contributed by atoms with Crippen LogP contribution in [0.4, 0.5) is 4.39 Å². The van der Waals surface area contributed by atoms with Crippen molar-refractivity contribution in [3.63, 3.8) is 0 Å². The number of nitrogens with zero attached hydrogens (tertiary/aromatic N) is 2. The maximum Gasteiger partial charge on any atom is 0.187 e. The van der Waals surface area contributed by atoms with Gasteiger partial charge in [0.1, 0.15) is 5.82 Å². The Morgan fingerprint density at radius 3 is 2.78 bits per heavy atom. The molecule has 7 heteroatoms. The lowest BCUT2D eigenvalue weighted by atomic mass is 10.1. The first-order chi connectivity index (χ1) is 8.58. The standard InChI is InChI=1S/C11H5Cl2FN2OS/c12-8-4-9(13)10(14)3-7(8)11(17)2-1-6-5-18-16-15-6/h1-5H/b2-1+. The quantitative estimate of drug-likeness (QED) is 0.491. The number of rotatable bonds is 3. The predicted octanol–water partition coefficient (Wildman–Crippen LogP) is 3.88. The lowest BCUT2D eigenvalue weighted by Crippen LogP contribution is -1.97. The molecule has 0 aliphatic carbocycles. The number of hydrogen-bond donors (Lipinski definition) is 0. The maximum absolute atomic E-state index is 13.2. The van der Waals surface area contributed by atoms with Crippen molar-refractivity contribution < 1.29 is 9.18 Å². The SMILES string of the molecule is O=C(/C=C/c1csnn1)c1cc(F)c(Cl)cc1Cl. The summed E-state index contributed by atoms with van der Waals surface area (Å²) >= 11 is 12.5. The van der Waals surface area contributed by atoms with Crippen molar-refractivity contribution in [1.82, 2.24) is 9.59 Å². The largest absolute Gasteiger partial charge is 0.289 e. The number of ketones is 1. The summed E-state index contributed by atoms with van der Waals surface area (Å²) < 4.78 is 16.9. The summed E-state index contributed by atoms with van der Waals surface area (Å²) in [6.45, 7) is 0. The molecule has 0 N–H and O–H groups in total. The van der Waals surface area contributed by atoms with E-state index < -0.39 is 11.6 Å². The monoisotopic (exact) mass is 302 g/mol. The van der Waals surface area contributed by atoms with Gasteiger partial charge in [-0.2, -0.15) is 0 Å². The summed E-state index contributed by atoms with van der Waals surface area (Å²) in [6.07, 6.45) is 2.74. The molecule has 1 aromatic heterocycles. The van der Waals surface area contributed by atoms with Gasteiger partial charge >= 0.3 is 0 Å². The van der Waals surface area contributed by atoms with Crippen LogP contribution in [-0.4, -0.2) is 15.4 Å². The summed E-state index contributed by atoms with van der Waals surface area (Å²) in [5.74, 6) is -1.11. The Balaban J connectivity index is 2.27. The van der Waals surface area contributed by atoms with Crippen LogP contribution in [0, 0.1) is 5.82 Å². The van der Waals surface area contributed by atoms with Crippen molar-refractivity contribution in [3.8, 4) is 0 Å². The Hall–Kier alpha value is -1.30. The van der Waals surface area contributed by atoms with E-state index in [-0.39, 0.29) is 15.6 Å². The van der Waals surface area contributed by atoms with Crippen LogP contribution in [0.2, 0.25) is 10.0 Å². The van der Waals surface area contributed by atoms with Crippen molar-refractivity contribution >= 4 is 46.6 Å². The van der Waals surface area contributed by atoms with E-state index in [2.05, 4.69) is 9.59 Å². The van der Waals surface area contributed by atoms with Crippen molar-refractivity contribution in [1.29, 1.82) is 0 Å². The Kier molecular flexibility index (Phi) is 4.06. The Morgan fingerprint density at radius 1 is 1.33 bits per heavy atom. The van der Waals surface area contributed by atoms with Crippen molar-refractivity contribution in [2.45, 2.75) is 0 Å². The highest BCUT2D eigenvalue weighted by atomic mass is 35.5. The molecule has 92 valence electrons. The molecular weight excluding hydrogens is 298 g/mol. The van der Waals surface area contributed by atoms with Crippen LogP contribution >= 0.6 is 34.7 Å². The third kappa shape index (κ3) is 2.93. The van der Waals surface area contributed by atoms with Gasteiger partial charge in [0.25, 0.3) is 0 Å². The minimum absolute atomic E-state index is 0.0537. The summed E-state index contributed by atoms with van der Waals surface area (Å²) in [5.41, 5.74) is 0.608. The second kappa shape index (κ2) is 5.56. The molecular formula is C11H5Cl2FN2OS. The zero-order valence-corrected chi connectivity index (χ0v) is 11.1. The predicted molar refractivity (Wildman–Crippen MR) is 69.7 cm³/mol. The smallest absolute Gasteiger partial charge is 0.187 e. The first kappa shape index (κ1) is 13.1. The number of carbonyl (C=O) groups is 1. The Morgan fingerprint density at radius 2 is 2.11 bits per heavy atom. The highest BCUT2D eigenvalue weighted by Gasteiger charge is 2.12. The van der Waals surface area contributed by atoms with Crippen molar-refractivity contribution in [3.05, 3.63) is 50.7 Å². The molecule has 1 heterocycles. The van der Waals surface area contributed by atoms with Crippen molar-refractivity contribution in [2.24, 2.45) is 0 Å². The molecule has 0 saturated heterocycles. The van der Waals surface area contributed by atoms with Gasteiger partial charge in [-0.05, 0) is 35.8 Å². The van der Waals surface area contributed by atoms with Gasteiger partial charge < -0.3 is 0 Å². The zero-order chi connectivity index (χ0) is 13.1. The van der Waals surface area contributed by atoms with E-state index in [0.717, 1.165) is 6.07 Å². The van der Waals surface area contributed by atoms with Crippen LogP contribution in [0.5, 0.6) is 0 Å². The van der Waals surface area contributed by atoms with E-state index in [0.29, 0.717) is 5.69 Å². The van der Waals surface area contributed by atoms with Gasteiger partial charge in [0.2, 0.25) is 0 Å². The number of halogens is 3. The molecule has 0 unspecified atom stereocenters. The molecule has 0 aliphatic rings.